The Morgan fingerprint density at radius 3 is 2.60 bits per heavy atom. The minimum absolute atomic E-state index is 0.310. The van der Waals surface area contributed by atoms with E-state index in [9.17, 15) is 4.79 Å². The molecule has 2 rings (SSSR count). The summed E-state index contributed by atoms with van der Waals surface area (Å²) in [6.45, 7) is 3.93. The highest BCUT2D eigenvalue weighted by molar-refractivity contribution is 5.89. The van der Waals surface area contributed by atoms with Crippen LogP contribution in [0.3, 0.4) is 0 Å². The van der Waals surface area contributed by atoms with Crippen LogP contribution in [0.1, 0.15) is 16.7 Å². The van der Waals surface area contributed by atoms with Gasteiger partial charge in [0.2, 0.25) is 0 Å². The van der Waals surface area contributed by atoms with E-state index < -0.39 is 0 Å². The standard InChI is InChI=1S/C16H17N3O/c1-12-5-7-14(8-6-12)9-11-18-16(20)19-15-13(2)4-3-10-17-15/h3-11H,1-2H3,(H2,17,18,19,20)/b11-9+. The van der Waals surface area contributed by atoms with Crippen molar-refractivity contribution < 1.29 is 4.79 Å². The maximum atomic E-state index is 11.7. The summed E-state index contributed by atoms with van der Waals surface area (Å²) in [6, 6.07) is 11.5. The van der Waals surface area contributed by atoms with Crippen molar-refractivity contribution in [3.8, 4) is 0 Å². The Hall–Kier alpha value is -2.62. The van der Waals surface area contributed by atoms with E-state index in [2.05, 4.69) is 15.6 Å². The summed E-state index contributed by atoms with van der Waals surface area (Å²) in [5, 5.41) is 5.34. The van der Waals surface area contributed by atoms with Crippen molar-refractivity contribution in [3.63, 3.8) is 0 Å². The summed E-state index contributed by atoms with van der Waals surface area (Å²) in [5.74, 6) is 0.564. The summed E-state index contributed by atoms with van der Waals surface area (Å²) >= 11 is 0. The second kappa shape index (κ2) is 6.52. The van der Waals surface area contributed by atoms with Crippen LogP contribution in [0.2, 0.25) is 0 Å². The molecular formula is C16H17N3O. The lowest BCUT2D eigenvalue weighted by molar-refractivity contribution is 0.255. The SMILES string of the molecule is Cc1ccc(/C=C/NC(=O)Nc2ncccc2C)cc1. The largest absolute Gasteiger partial charge is 0.324 e. The number of anilines is 1. The third-order valence-electron chi connectivity index (χ3n) is 2.81. The van der Waals surface area contributed by atoms with Crippen molar-refractivity contribution >= 4 is 17.9 Å². The third kappa shape index (κ3) is 3.95. The van der Waals surface area contributed by atoms with Crippen LogP contribution in [0, 0.1) is 13.8 Å². The van der Waals surface area contributed by atoms with Gasteiger partial charge >= 0.3 is 6.03 Å². The number of hydrogen-bond donors (Lipinski definition) is 2. The van der Waals surface area contributed by atoms with E-state index in [1.165, 1.54) is 5.56 Å². The molecule has 1 heterocycles. The van der Waals surface area contributed by atoms with E-state index in [4.69, 9.17) is 0 Å². The monoisotopic (exact) mass is 267 g/mol. The fraction of sp³-hybridized carbons (Fsp3) is 0.125. The number of nitrogens with zero attached hydrogens (tertiary/aromatic N) is 1. The highest BCUT2D eigenvalue weighted by Crippen LogP contribution is 2.08. The van der Waals surface area contributed by atoms with Gasteiger partial charge < -0.3 is 5.32 Å². The van der Waals surface area contributed by atoms with Crippen LogP contribution in [0.15, 0.2) is 48.8 Å². The first kappa shape index (κ1) is 13.8. The number of carbonyl (C=O) groups excluding carboxylic acids is 1. The molecule has 0 aliphatic heterocycles. The number of aromatic nitrogens is 1. The van der Waals surface area contributed by atoms with E-state index in [-0.39, 0.29) is 6.03 Å². The van der Waals surface area contributed by atoms with Crippen LogP contribution in [-0.4, -0.2) is 11.0 Å². The molecule has 0 aliphatic rings. The first-order valence-electron chi connectivity index (χ1n) is 6.37. The molecule has 0 radical (unpaired) electrons. The van der Waals surface area contributed by atoms with Crippen LogP contribution in [0.4, 0.5) is 10.6 Å². The van der Waals surface area contributed by atoms with Gasteiger partial charge in [-0.15, -0.1) is 0 Å². The molecule has 2 amide bonds. The Morgan fingerprint density at radius 2 is 1.90 bits per heavy atom. The van der Waals surface area contributed by atoms with E-state index in [0.29, 0.717) is 5.82 Å². The lowest BCUT2D eigenvalue weighted by Crippen LogP contribution is -2.24. The summed E-state index contributed by atoms with van der Waals surface area (Å²) in [7, 11) is 0. The quantitative estimate of drug-likeness (QED) is 0.894. The van der Waals surface area contributed by atoms with Gasteiger partial charge in [-0.25, -0.2) is 9.78 Å². The number of benzene rings is 1. The van der Waals surface area contributed by atoms with Crippen molar-refractivity contribution in [1.82, 2.24) is 10.3 Å². The van der Waals surface area contributed by atoms with E-state index >= 15 is 0 Å². The minimum Gasteiger partial charge on any atom is -0.314 e. The normalized spacial score (nSPS) is 10.5. The molecule has 0 saturated heterocycles. The minimum atomic E-state index is -0.310. The fourth-order valence-corrected chi connectivity index (χ4v) is 1.65. The van der Waals surface area contributed by atoms with Gasteiger partial charge in [-0.05, 0) is 37.1 Å². The van der Waals surface area contributed by atoms with Crippen LogP contribution in [-0.2, 0) is 0 Å². The van der Waals surface area contributed by atoms with Crippen LogP contribution >= 0.6 is 0 Å². The van der Waals surface area contributed by atoms with Gasteiger partial charge in [0.1, 0.15) is 5.82 Å². The Kier molecular flexibility index (Phi) is 4.50. The summed E-state index contributed by atoms with van der Waals surface area (Å²) in [6.07, 6.45) is 5.09. The molecule has 4 heteroatoms. The highest BCUT2D eigenvalue weighted by Gasteiger charge is 2.02. The molecule has 0 spiro atoms. The molecule has 102 valence electrons. The maximum Gasteiger partial charge on any atom is 0.324 e. The average molecular weight is 267 g/mol. The molecule has 1 aromatic heterocycles. The predicted molar refractivity (Wildman–Crippen MR) is 81.3 cm³/mol. The average Bonchev–Trinajstić information content (AvgIpc) is 2.44. The first-order valence-corrected chi connectivity index (χ1v) is 6.37. The molecular weight excluding hydrogens is 250 g/mol. The molecule has 0 bridgehead atoms. The highest BCUT2D eigenvalue weighted by atomic mass is 16.2. The van der Waals surface area contributed by atoms with Gasteiger partial charge in [-0.2, -0.15) is 0 Å². The number of rotatable bonds is 3. The van der Waals surface area contributed by atoms with Crippen molar-refractivity contribution in [2.75, 3.05) is 5.32 Å². The van der Waals surface area contributed by atoms with Gasteiger partial charge in [0.05, 0.1) is 0 Å². The lowest BCUT2D eigenvalue weighted by Gasteiger charge is -2.05. The number of aryl methyl sites for hydroxylation is 2. The van der Waals surface area contributed by atoms with Crippen molar-refractivity contribution in [2.45, 2.75) is 13.8 Å². The number of carbonyl (C=O) groups is 1. The summed E-state index contributed by atoms with van der Waals surface area (Å²) < 4.78 is 0. The van der Waals surface area contributed by atoms with Crippen molar-refractivity contribution in [2.24, 2.45) is 0 Å². The van der Waals surface area contributed by atoms with E-state index in [0.717, 1.165) is 11.1 Å². The Bertz CT molecular complexity index is 618. The smallest absolute Gasteiger partial charge is 0.314 e. The number of pyridine rings is 1. The Morgan fingerprint density at radius 1 is 1.15 bits per heavy atom. The fourth-order valence-electron chi connectivity index (χ4n) is 1.65. The Balaban J connectivity index is 1.89. The lowest BCUT2D eigenvalue weighted by atomic mass is 10.1. The number of hydrogen-bond acceptors (Lipinski definition) is 2. The van der Waals surface area contributed by atoms with Crippen LogP contribution in [0.25, 0.3) is 6.08 Å². The van der Waals surface area contributed by atoms with Gasteiger partial charge in [0.25, 0.3) is 0 Å². The van der Waals surface area contributed by atoms with Gasteiger partial charge in [0, 0.05) is 12.4 Å². The summed E-state index contributed by atoms with van der Waals surface area (Å²) in [4.78, 5) is 15.8. The predicted octanol–water partition coefficient (Wildman–Crippen LogP) is 3.49. The van der Waals surface area contributed by atoms with Gasteiger partial charge in [-0.3, -0.25) is 5.32 Å². The summed E-state index contributed by atoms with van der Waals surface area (Å²) in [5.41, 5.74) is 3.16. The van der Waals surface area contributed by atoms with Gasteiger partial charge in [0.15, 0.2) is 0 Å². The molecule has 0 fully saturated rings. The second-order valence-corrected chi connectivity index (χ2v) is 4.51. The van der Waals surface area contributed by atoms with Crippen molar-refractivity contribution in [1.29, 1.82) is 0 Å². The Labute approximate surface area is 118 Å². The number of urea groups is 1. The zero-order valence-corrected chi connectivity index (χ0v) is 11.6. The molecule has 1 aromatic carbocycles. The molecule has 20 heavy (non-hydrogen) atoms. The topological polar surface area (TPSA) is 54.0 Å². The van der Waals surface area contributed by atoms with Gasteiger partial charge in [-0.1, -0.05) is 35.9 Å². The zero-order valence-electron chi connectivity index (χ0n) is 11.6. The molecule has 2 N–H and O–H groups in total. The molecule has 4 nitrogen and oxygen atoms in total. The maximum absolute atomic E-state index is 11.7. The van der Waals surface area contributed by atoms with Crippen LogP contribution in [0.5, 0.6) is 0 Å². The number of nitrogens with one attached hydrogen (secondary N) is 2. The number of amides is 2. The van der Waals surface area contributed by atoms with Crippen LogP contribution < -0.4 is 10.6 Å². The molecule has 2 aromatic rings. The second-order valence-electron chi connectivity index (χ2n) is 4.51. The molecule has 0 atom stereocenters. The van der Waals surface area contributed by atoms with E-state index in [1.54, 1.807) is 12.4 Å². The molecule has 0 unspecified atom stereocenters. The van der Waals surface area contributed by atoms with Crippen molar-refractivity contribution in [3.05, 3.63) is 65.5 Å². The first-order chi connectivity index (χ1) is 9.65. The third-order valence-corrected chi connectivity index (χ3v) is 2.81. The zero-order chi connectivity index (χ0) is 14.4. The van der Waals surface area contributed by atoms with E-state index in [1.807, 2.05) is 56.3 Å². The molecule has 0 aliphatic carbocycles. The molecule has 0 saturated carbocycles.